The number of benzene rings is 1. The smallest absolute Gasteiger partial charge is 0.189 e. The largest absolute Gasteiger partial charge is 0.491 e. The average Bonchev–Trinajstić information content (AvgIpc) is 2.88. The first-order chi connectivity index (χ1) is 17.4. The lowest BCUT2D eigenvalue weighted by atomic mass is 9.93. The molecule has 0 saturated carbocycles. The van der Waals surface area contributed by atoms with Crippen LogP contribution in [0, 0.1) is 0 Å². The molecule has 36 heavy (non-hydrogen) atoms. The number of likely N-dealkylation sites (tertiary alicyclic amines) is 1. The van der Waals surface area contributed by atoms with Crippen molar-refractivity contribution in [3.63, 3.8) is 0 Å². The Balaban J connectivity index is 1.57. The topological polar surface area (TPSA) is 51.7 Å². The number of pyridine rings is 1. The second kappa shape index (κ2) is 12.2. The maximum atomic E-state index is 13.3. The number of hydrogen-bond acceptors (Lipinski definition) is 5. The van der Waals surface area contributed by atoms with Gasteiger partial charge >= 0.3 is 0 Å². The van der Waals surface area contributed by atoms with E-state index in [2.05, 4.69) is 48.9 Å². The maximum Gasteiger partial charge on any atom is 0.189 e. The van der Waals surface area contributed by atoms with Gasteiger partial charge in [0, 0.05) is 18.9 Å². The van der Waals surface area contributed by atoms with Crippen LogP contribution in [0.5, 0.6) is 11.5 Å². The number of piperidine rings is 1. The van der Waals surface area contributed by atoms with Crippen LogP contribution < -0.4 is 9.47 Å². The number of allylic oxidation sites excluding steroid dienone is 3. The van der Waals surface area contributed by atoms with Crippen LogP contribution in [0.3, 0.4) is 0 Å². The molecule has 2 aromatic rings. The SMILES string of the molecule is CC(C)=CCCC1(C)C=Cc2c(ccc(C(=O)/C=C/c3cccnc3)c2OCCN2CCCCC2)O1. The zero-order valence-corrected chi connectivity index (χ0v) is 21.8. The molecule has 5 heteroatoms. The first kappa shape index (κ1) is 25.9. The Labute approximate surface area is 215 Å². The van der Waals surface area contributed by atoms with E-state index in [1.165, 1.54) is 24.8 Å². The number of rotatable bonds is 10. The Hall–Kier alpha value is -3.18. The Bertz CT molecular complexity index is 1130. The number of carbonyl (C=O) groups excluding carboxylic acids is 1. The molecule has 0 radical (unpaired) electrons. The van der Waals surface area contributed by atoms with Crippen LogP contribution in [0.2, 0.25) is 0 Å². The molecule has 4 rings (SSSR count). The normalized spacial score (nSPS) is 19.5. The number of carbonyl (C=O) groups is 1. The molecule has 1 atom stereocenters. The molecule has 5 nitrogen and oxygen atoms in total. The molecule has 3 heterocycles. The van der Waals surface area contributed by atoms with E-state index >= 15 is 0 Å². The molecule has 0 spiro atoms. The minimum Gasteiger partial charge on any atom is -0.491 e. The molecule has 2 aliphatic rings. The predicted molar refractivity (Wildman–Crippen MR) is 147 cm³/mol. The van der Waals surface area contributed by atoms with Gasteiger partial charge in [0.05, 0.1) is 11.1 Å². The number of ether oxygens (including phenoxy) is 2. The average molecular weight is 487 g/mol. The zero-order chi connectivity index (χ0) is 25.4. The molecule has 1 aromatic heterocycles. The molecule has 0 N–H and O–H groups in total. The van der Waals surface area contributed by atoms with Crippen LogP contribution in [0.15, 0.2) is 60.5 Å². The fourth-order valence-corrected chi connectivity index (χ4v) is 4.70. The van der Waals surface area contributed by atoms with Gasteiger partial charge in [0.15, 0.2) is 5.78 Å². The Morgan fingerprint density at radius 3 is 2.78 bits per heavy atom. The van der Waals surface area contributed by atoms with E-state index in [1.807, 2.05) is 24.3 Å². The fraction of sp³-hybridized carbons (Fsp3) is 0.419. The summed E-state index contributed by atoms with van der Waals surface area (Å²) in [5.74, 6) is 1.27. The summed E-state index contributed by atoms with van der Waals surface area (Å²) in [6.07, 6.45) is 18.9. The molecule has 190 valence electrons. The van der Waals surface area contributed by atoms with E-state index in [0.717, 1.165) is 49.4 Å². The van der Waals surface area contributed by atoms with Crippen molar-refractivity contribution in [1.29, 1.82) is 0 Å². The van der Waals surface area contributed by atoms with Crippen LogP contribution >= 0.6 is 0 Å². The summed E-state index contributed by atoms with van der Waals surface area (Å²) in [5, 5.41) is 0. The molecular weight excluding hydrogens is 448 g/mol. The van der Waals surface area contributed by atoms with Gasteiger partial charge in [-0.15, -0.1) is 0 Å². The van der Waals surface area contributed by atoms with Gasteiger partial charge in [-0.1, -0.05) is 24.1 Å². The minimum atomic E-state index is -0.393. The Kier molecular flexibility index (Phi) is 8.76. The van der Waals surface area contributed by atoms with Crippen LogP contribution in [0.25, 0.3) is 12.2 Å². The summed E-state index contributed by atoms with van der Waals surface area (Å²) in [4.78, 5) is 19.8. The highest BCUT2D eigenvalue weighted by atomic mass is 16.5. The molecule has 2 aliphatic heterocycles. The maximum absolute atomic E-state index is 13.3. The number of aromatic nitrogens is 1. The highest BCUT2D eigenvalue weighted by Crippen LogP contribution is 2.41. The van der Waals surface area contributed by atoms with Gasteiger partial charge in [0.25, 0.3) is 0 Å². The summed E-state index contributed by atoms with van der Waals surface area (Å²) in [6, 6.07) is 7.52. The van der Waals surface area contributed by atoms with E-state index < -0.39 is 5.60 Å². The lowest BCUT2D eigenvalue weighted by Crippen LogP contribution is -2.33. The van der Waals surface area contributed by atoms with Crippen LogP contribution in [0.4, 0.5) is 0 Å². The molecule has 0 amide bonds. The molecular formula is C31H38N2O3. The van der Waals surface area contributed by atoms with Gasteiger partial charge in [-0.3, -0.25) is 14.7 Å². The summed E-state index contributed by atoms with van der Waals surface area (Å²) in [7, 11) is 0. The minimum absolute atomic E-state index is 0.0973. The summed E-state index contributed by atoms with van der Waals surface area (Å²) in [6.45, 7) is 9.96. The predicted octanol–water partition coefficient (Wildman–Crippen LogP) is 6.75. The standard InChI is InChI=1S/C31H38N2O3/c1-24(2)9-7-16-31(3)17-15-27-29(36-31)14-12-26(28(34)13-11-25-10-8-18-32-23-25)30(27)35-22-21-33-19-5-4-6-20-33/h8-15,17-18,23H,4-7,16,19-22H2,1-3H3/b13-11+. The number of fused-ring (bicyclic) bond motifs is 1. The number of nitrogens with zero attached hydrogens (tertiary/aromatic N) is 2. The molecule has 0 aliphatic carbocycles. The molecule has 0 bridgehead atoms. The van der Waals surface area contributed by atoms with Gasteiger partial charge in [0.1, 0.15) is 23.7 Å². The Morgan fingerprint density at radius 2 is 2.03 bits per heavy atom. The Morgan fingerprint density at radius 1 is 1.19 bits per heavy atom. The van der Waals surface area contributed by atoms with E-state index in [4.69, 9.17) is 9.47 Å². The first-order valence-corrected chi connectivity index (χ1v) is 13.1. The summed E-state index contributed by atoms with van der Waals surface area (Å²) < 4.78 is 12.8. The van der Waals surface area contributed by atoms with Gasteiger partial charge in [-0.25, -0.2) is 0 Å². The summed E-state index contributed by atoms with van der Waals surface area (Å²) in [5.41, 5.74) is 3.19. The lowest BCUT2D eigenvalue weighted by molar-refractivity contribution is 0.104. The molecule has 1 unspecified atom stereocenters. The van der Waals surface area contributed by atoms with Crippen molar-refractivity contribution in [3.8, 4) is 11.5 Å². The first-order valence-electron chi connectivity index (χ1n) is 13.1. The second-order valence-corrected chi connectivity index (χ2v) is 10.2. The molecule has 1 fully saturated rings. The van der Waals surface area contributed by atoms with Crippen molar-refractivity contribution in [1.82, 2.24) is 9.88 Å². The number of ketones is 1. The van der Waals surface area contributed by atoms with Crippen molar-refractivity contribution >= 4 is 17.9 Å². The zero-order valence-electron chi connectivity index (χ0n) is 21.8. The van der Waals surface area contributed by atoms with Crippen molar-refractivity contribution in [2.45, 2.75) is 58.5 Å². The lowest BCUT2D eigenvalue weighted by Gasteiger charge is -2.32. The third-order valence-corrected chi connectivity index (χ3v) is 6.77. The van der Waals surface area contributed by atoms with E-state index in [-0.39, 0.29) is 5.78 Å². The second-order valence-electron chi connectivity index (χ2n) is 10.2. The van der Waals surface area contributed by atoms with Crippen molar-refractivity contribution < 1.29 is 14.3 Å². The third kappa shape index (κ3) is 6.94. The van der Waals surface area contributed by atoms with E-state index in [1.54, 1.807) is 24.5 Å². The quantitative estimate of drug-likeness (QED) is 0.211. The molecule has 1 saturated heterocycles. The summed E-state index contributed by atoms with van der Waals surface area (Å²) >= 11 is 0. The molecule has 1 aromatic carbocycles. The van der Waals surface area contributed by atoms with Crippen molar-refractivity contribution in [2.24, 2.45) is 0 Å². The van der Waals surface area contributed by atoms with Gasteiger partial charge < -0.3 is 9.47 Å². The number of hydrogen-bond donors (Lipinski definition) is 0. The monoisotopic (exact) mass is 486 g/mol. The van der Waals surface area contributed by atoms with Gasteiger partial charge in [-0.05, 0) is 108 Å². The van der Waals surface area contributed by atoms with Gasteiger partial charge in [0.2, 0.25) is 0 Å². The van der Waals surface area contributed by atoms with Crippen molar-refractivity contribution in [3.05, 3.63) is 77.2 Å². The van der Waals surface area contributed by atoms with Gasteiger partial charge in [-0.2, -0.15) is 0 Å². The van der Waals surface area contributed by atoms with Crippen LogP contribution in [0.1, 0.15) is 74.4 Å². The third-order valence-electron chi connectivity index (χ3n) is 6.77. The fourth-order valence-electron chi connectivity index (χ4n) is 4.70. The van der Waals surface area contributed by atoms with E-state index in [0.29, 0.717) is 17.9 Å². The van der Waals surface area contributed by atoms with Crippen LogP contribution in [-0.4, -0.2) is 47.5 Å². The van der Waals surface area contributed by atoms with E-state index in [9.17, 15) is 4.79 Å². The van der Waals surface area contributed by atoms with Crippen LogP contribution in [-0.2, 0) is 0 Å². The van der Waals surface area contributed by atoms with Crippen molar-refractivity contribution in [2.75, 3.05) is 26.2 Å². The highest BCUT2D eigenvalue weighted by molar-refractivity contribution is 6.09. The highest BCUT2D eigenvalue weighted by Gasteiger charge is 2.30.